The van der Waals surface area contributed by atoms with Crippen LogP contribution < -0.4 is 10.6 Å². The van der Waals surface area contributed by atoms with Crippen LogP contribution in [0, 0.1) is 11.3 Å². The maximum Gasteiger partial charge on any atom is 0.261 e. The number of aromatic nitrogens is 3. The van der Waals surface area contributed by atoms with Gasteiger partial charge in [0.1, 0.15) is 5.52 Å². The molecule has 1 aliphatic rings. The fourth-order valence-corrected chi connectivity index (χ4v) is 4.91. The van der Waals surface area contributed by atoms with E-state index in [2.05, 4.69) is 48.3 Å². The molecular formula is C25H33N5O2S. The monoisotopic (exact) mass is 467 g/mol. The largest absolute Gasteiger partial charge is 0.349 e. The Hall–Kier alpha value is -2.74. The number of nitrogens with one attached hydrogen (secondary N) is 3. The summed E-state index contributed by atoms with van der Waals surface area (Å²) in [7, 11) is 0. The lowest BCUT2D eigenvalue weighted by molar-refractivity contribution is 0.0905. The molecule has 0 aliphatic heterocycles. The Balaban J connectivity index is 1.53. The maximum atomic E-state index is 12.9. The van der Waals surface area contributed by atoms with Crippen molar-refractivity contribution in [1.29, 1.82) is 0 Å². The fourth-order valence-electron chi connectivity index (χ4n) is 4.04. The van der Waals surface area contributed by atoms with Gasteiger partial charge in [0.15, 0.2) is 5.65 Å². The molecule has 3 aromatic rings. The number of hydrogen-bond acceptors (Lipinski definition) is 5. The van der Waals surface area contributed by atoms with Crippen LogP contribution in [0.4, 0.5) is 0 Å². The highest BCUT2D eigenvalue weighted by molar-refractivity contribution is 7.17. The standard InChI is InChI=1S/C25H33N5O2S/c1-14-8-6-7-9-17(14)30-24(32)20-11-10-19(33-20)18-13-27-22-21(29-18)16(12-26-22)23(31)28-15(2)25(3,4)5/h10-15,17H,6-9H2,1-5H3,(H,26,27)(H,28,31)(H,30,32). The molecule has 0 bridgehead atoms. The molecule has 1 fully saturated rings. The van der Waals surface area contributed by atoms with Gasteiger partial charge in [-0.1, -0.05) is 40.5 Å². The van der Waals surface area contributed by atoms with E-state index in [1.54, 1.807) is 12.4 Å². The van der Waals surface area contributed by atoms with E-state index in [9.17, 15) is 9.59 Å². The quantitative estimate of drug-likeness (QED) is 0.482. The molecule has 1 aliphatic carbocycles. The van der Waals surface area contributed by atoms with Crippen molar-refractivity contribution in [3.8, 4) is 10.6 Å². The summed E-state index contributed by atoms with van der Waals surface area (Å²) in [6.07, 6.45) is 7.94. The van der Waals surface area contributed by atoms with Crippen LogP contribution in [0.5, 0.6) is 0 Å². The van der Waals surface area contributed by atoms with Crippen molar-refractivity contribution in [2.24, 2.45) is 11.3 Å². The number of aromatic amines is 1. The minimum absolute atomic E-state index is 0.00339. The van der Waals surface area contributed by atoms with E-state index < -0.39 is 0 Å². The van der Waals surface area contributed by atoms with E-state index in [4.69, 9.17) is 4.98 Å². The van der Waals surface area contributed by atoms with Crippen molar-refractivity contribution in [3.05, 3.63) is 35.0 Å². The van der Waals surface area contributed by atoms with Crippen LogP contribution in [-0.2, 0) is 0 Å². The first-order valence-corrected chi connectivity index (χ1v) is 12.5. The molecular weight excluding hydrogens is 434 g/mol. The summed E-state index contributed by atoms with van der Waals surface area (Å²) in [6, 6.07) is 3.97. The summed E-state index contributed by atoms with van der Waals surface area (Å²) in [6.45, 7) is 10.5. The summed E-state index contributed by atoms with van der Waals surface area (Å²) < 4.78 is 0. The highest BCUT2D eigenvalue weighted by atomic mass is 32.1. The van der Waals surface area contributed by atoms with Crippen molar-refractivity contribution >= 4 is 34.3 Å². The molecule has 0 radical (unpaired) electrons. The number of thiophene rings is 1. The average molecular weight is 468 g/mol. The lowest BCUT2D eigenvalue weighted by atomic mass is 9.86. The van der Waals surface area contributed by atoms with Crippen LogP contribution in [0.3, 0.4) is 0 Å². The van der Waals surface area contributed by atoms with E-state index in [1.807, 2.05) is 19.1 Å². The van der Waals surface area contributed by atoms with E-state index in [-0.39, 0.29) is 29.3 Å². The summed E-state index contributed by atoms with van der Waals surface area (Å²) in [5, 5.41) is 6.26. The Morgan fingerprint density at radius 3 is 2.67 bits per heavy atom. The van der Waals surface area contributed by atoms with Crippen molar-refractivity contribution < 1.29 is 9.59 Å². The average Bonchev–Trinajstić information content (AvgIpc) is 3.41. The van der Waals surface area contributed by atoms with Crippen LogP contribution in [0.2, 0.25) is 0 Å². The normalized spacial score (nSPS) is 19.9. The van der Waals surface area contributed by atoms with E-state index in [0.717, 1.165) is 17.7 Å². The lowest BCUT2D eigenvalue weighted by Crippen LogP contribution is -2.41. The Morgan fingerprint density at radius 2 is 1.94 bits per heavy atom. The van der Waals surface area contributed by atoms with Crippen LogP contribution in [0.1, 0.15) is 80.3 Å². The smallest absolute Gasteiger partial charge is 0.261 e. The van der Waals surface area contributed by atoms with Gasteiger partial charge in [0, 0.05) is 18.3 Å². The van der Waals surface area contributed by atoms with Gasteiger partial charge in [-0.2, -0.15) is 0 Å². The maximum absolute atomic E-state index is 12.9. The van der Waals surface area contributed by atoms with Crippen molar-refractivity contribution in [2.75, 3.05) is 0 Å². The predicted octanol–water partition coefficient (Wildman–Crippen LogP) is 5.16. The van der Waals surface area contributed by atoms with Gasteiger partial charge < -0.3 is 15.6 Å². The molecule has 2 amide bonds. The van der Waals surface area contributed by atoms with Gasteiger partial charge in [-0.15, -0.1) is 11.3 Å². The first-order chi connectivity index (χ1) is 15.6. The lowest BCUT2D eigenvalue weighted by Gasteiger charge is -2.29. The molecule has 3 N–H and O–H groups in total. The molecule has 3 aromatic heterocycles. The molecule has 0 saturated heterocycles. The SMILES string of the molecule is CC1CCCCC1NC(=O)c1ccc(-c2cnc3[nH]cc(C(=O)NC(C)C(C)(C)C)c3n2)s1. The number of H-pyrrole nitrogens is 1. The van der Waals surface area contributed by atoms with E-state index >= 15 is 0 Å². The molecule has 33 heavy (non-hydrogen) atoms. The molecule has 3 atom stereocenters. The Labute approximate surface area is 198 Å². The zero-order valence-corrected chi connectivity index (χ0v) is 20.8. The molecule has 0 aromatic carbocycles. The van der Waals surface area contributed by atoms with Crippen molar-refractivity contribution in [2.45, 2.75) is 72.4 Å². The van der Waals surface area contributed by atoms with Gasteiger partial charge in [-0.05, 0) is 43.2 Å². The Morgan fingerprint density at radius 1 is 1.18 bits per heavy atom. The molecule has 0 spiro atoms. The number of hydrogen-bond donors (Lipinski definition) is 3. The minimum Gasteiger partial charge on any atom is -0.349 e. The third-order valence-electron chi connectivity index (χ3n) is 6.78. The summed E-state index contributed by atoms with van der Waals surface area (Å²) in [5.41, 5.74) is 2.16. The minimum atomic E-state index is -0.178. The molecule has 7 nitrogen and oxygen atoms in total. The molecule has 3 heterocycles. The second-order valence-corrected chi connectivity index (χ2v) is 11.3. The fraction of sp³-hybridized carbons (Fsp3) is 0.520. The number of nitrogens with zero attached hydrogens (tertiary/aromatic N) is 2. The van der Waals surface area contributed by atoms with Crippen molar-refractivity contribution in [1.82, 2.24) is 25.6 Å². The van der Waals surface area contributed by atoms with Gasteiger partial charge >= 0.3 is 0 Å². The van der Waals surface area contributed by atoms with Gasteiger partial charge in [0.25, 0.3) is 11.8 Å². The van der Waals surface area contributed by atoms with Gasteiger partial charge in [-0.25, -0.2) is 9.97 Å². The van der Waals surface area contributed by atoms with Gasteiger partial charge in [0.2, 0.25) is 0 Å². The predicted molar refractivity (Wildman–Crippen MR) is 132 cm³/mol. The number of rotatable bonds is 5. The first kappa shape index (κ1) is 23.4. The summed E-state index contributed by atoms with van der Waals surface area (Å²) in [5.74, 6) is 0.300. The van der Waals surface area contributed by atoms with Crippen LogP contribution in [0.25, 0.3) is 21.7 Å². The number of carbonyl (C=O) groups excluding carboxylic acids is 2. The summed E-state index contributed by atoms with van der Waals surface area (Å²) >= 11 is 1.40. The molecule has 1 saturated carbocycles. The molecule has 3 unspecified atom stereocenters. The third kappa shape index (κ3) is 5.11. The zero-order valence-electron chi connectivity index (χ0n) is 20.0. The highest BCUT2D eigenvalue weighted by Gasteiger charge is 2.25. The van der Waals surface area contributed by atoms with Crippen LogP contribution in [0.15, 0.2) is 24.5 Å². The molecule has 8 heteroatoms. The Bertz CT molecular complexity index is 1160. The van der Waals surface area contributed by atoms with Crippen molar-refractivity contribution in [3.63, 3.8) is 0 Å². The van der Waals surface area contributed by atoms with E-state index in [0.29, 0.717) is 33.2 Å². The number of carbonyl (C=O) groups is 2. The second-order valence-electron chi connectivity index (χ2n) is 10.2. The third-order valence-corrected chi connectivity index (χ3v) is 7.89. The second kappa shape index (κ2) is 9.25. The zero-order chi connectivity index (χ0) is 23.8. The van der Waals surface area contributed by atoms with E-state index in [1.165, 1.54) is 24.2 Å². The summed E-state index contributed by atoms with van der Waals surface area (Å²) in [4.78, 5) is 39.4. The molecule has 176 valence electrons. The molecule has 4 rings (SSSR count). The number of fused-ring (bicyclic) bond motifs is 1. The van der Waals surface area contributed by atoms with Gasteiger partial charge in [0.05, 0.1) is 27.2 Å². The van der Waals surface area contributed by atoms with Crippen LogP contribution in [-0.4, -0.2) is 38.8 Å². The first-order valence-electron chi connectivity index (χ1n) is 11.7. The highest BCUT2D eigenvalue weighted by Crippen LogP contribution is 2.29. The topological polar surface area (TPSA) is 99.8 Å². The Kier molecular flexibility index (Phi) is 6.56. The van der Waals surface area contributed by atoms with Crippen LogP contribution >= 0.6 is 11.3 Å². The number of amides is 2. The van der Waals surface area contributed by atoms with Gasteiger partial charge in [-0.3, -0.25) is 9.59 Å².